The van der Waals surface area contributed by atoms with Gasteiger partial charge in [0, 0.05) is 29.5 Å². The van der Waals surface area contributed by atoms with E-state index in [0.29, 0.717) is 16.2 Å². The monoisotopic (exact) mass is 407 g/mol. The van der Waals surface area contributed by atoms with Gasteiger partial charge in [-0.05, 0) is 30.7 Å². The maximum atomic E-state index is 12.7. The molecule has 2 N–H and O–H groups in total. The minimum atomic E-state index is -4.53. The summed E-state index contributed by atoms with van der Waals surface area (Å²) in [6.07, 6.45) is 1.62. The van der Waals surface area contributed by atoms with E-state index in [1.165, 1.54) is 16.9 Å². The van der Waals surface area contributed by atoms with E-state index < -0.39 is 18.1 Å². The molecule has 10 heteroatoms. The third-order valence-corrected chi connectivity index (χ3v) is 4.62. The van der Waals surface area contributed by atoms with E-state index in [9.17, 15) is 18.0 Å². The number of aromatic nitrogens is 4. The standard InChI is InChI=1S/C18H13ClF3N5O/c1-9(18(20,21)22)26-17(28)14-8-25-27-3-2-10(4-15(14)27)13-7-24-16-12(13)5-11(19)6-23-16/h2-9H,1H3,(H,23,24)(H,26,28)/t9-/m1/s1. The van der Waals surface area contributed by atoms with Gasteiger partial charge in [-0.3, -0.25) is 4.79 Å². The quantitative estimate of drug-likeness (QED) is 0.534. The van der Waals surface area contributed by atoms with Gasteiger partial charge in [0.25, 0.3) is 5.91 Å². The Bertz CT molecular complexity index is 1200. The Morgan fingerprint density at radius 2 is 2.11 bits per heavy atom. The molecule has 1 atom stereocenters. The number of nitrogens with one attached hydrogen (secondary N) is 2. The van der Waals surface area contributed by atoms with Crippen molar-refractivity contribution >= 4 is 34.1 Å². The van der Waals surface area contributed by atoms with Gasteiger partial charge < -0.3 is 10.3 Å². The second kappa shape index (κ2) is 6.52. The Morgan fingerprint density at radius 3 is 2.86 bits per heavy atom. The van der Waals surface area contributed by atoms with Crippen LogP contribution in [-0.2, 0) is 0 Å². The Labute approximate surface area is 161 Å². The summed E-state index contributed by atoms with van der Waals surface area (Å²) in [4.78, 5) is 19.6. The third-order valence-electron chi connectivity index (χ3n) is 4.41. The molecule has 0 aliphatic heterocycles. The Morgan fingerprint density at radius 1 is 1.32 bits per heavy atom. The van der Waals surface area contributed by atoms with Gasteiger partial charge in [-0.2, -0.15) is 18.3 Å². The van der Waals surface area contributed by atoms with Gasteiger partial charge in [0.15, 0.2) is 0 Å². The number of halogens is 4. The number of amides is 1. The molecule has 4 aromatic heterocycles. The summed E-state index contributed by atoms with van der Waals surface area (Å²) in [5, 5.41) is 7.25. The van der Waals surface area contributed by atoms with Crippen molar-refractivity contribution in [1.82, 2.24) is 24.9 Å². The average molecular weight is 408 g/mol. The molecule has 144 valence electrons. The van der Waals surface area contributed by atoms with Crippen molar-refractivity contribution in [2.75, 3.05) is 0 Å². The number of rotatable bonds is 3. The Balaban J connectivity index is 1.76. The lowest BCUT2D eigenvalue weighted by atomic mass is 10.1. The lowest BCUT2D eigenvalue weighted by Crippen LogP contribution is -2.43. The van der Waals surface area contributed by atoms with Crippen LogP contribution in [0.1, 0.15) is 17.3 Å². The number of nitrogens with zero attached hydrogens (tertiary/aromatic N) is 3. The van der Waals surface area contributed by atoms with E-state index >= 15 is 0 Å². The van der Waals surface area contributed by atoms with E-state index in [0.717, 1.165) is 23.4 Å². The summed E-state index contributed by atoms with van der Waals surface area (Å²) in [7, 11) is 0. The molecule has 0 radical (unpaired) electrons. The number of carbonyl (C=O) groups excluding carboxylic acids is 1. The molecule has 1 amide bonds. The summed E-state index contributed by atoms with van der Waals surface area (Å²) < 4.78 is 39.6. The normalized spacial score (nSPS) is 13.2. The highest BCUT2D eigenvalue weighted by Crippen LogP contribution is 2.30. The van der Waals surface area contributed by atoms with E-state index in [2.05, 4.69) is 15.1 Å². The number of alkyl halides is 3. The summed E-state index contributed by atoms with van der Waals surface area (Å²) in [6, 6.07) is 3.25. The maximum Gasteiger partial charge on any atom is 0.408 e. The molecule has 4 rings (SSSR count). The molecule has 0 unspecified atom stereocenters. The second-order valence-electron chi connectivity index (χ2n) is 6.29. The zero-order valence-electron chi connectivity index (χ0n) is 14.4. The van der Waals surface area contributed by atoms with Gasteiger partial charge in [0.05, 0.1) is 22.3 Å². The molecular formula is C18H13ClF3N5O. The highest BCUT2D eigenvalue weighted by atomic mass is 35.5. The largest absolute Gasteiger partial charge is 0.408 e. The number of H-pyrrole nitrogens is 1. The molecular weight excluding hydrogens is 395 g/mol. The van der Waals surface area contributed by atoms with Crippen LogP contribution in [0.25, 0.3) is 27.7 Å². The smallest absolute Gasteiger partial charge is 0.346 e. The predicted molar refractivity (Wildman–Crippen MR) is 98.3 cm³/mol. The van der Waals surface area contributed by atoms with Crippen molar-refractivity contribution in [1.29, 1.82) is 0 Å². The topological polar surface area (TPSA) is 75.1 Å². The lowest BCUT2D eigenvalue weighted by Gasteiger charge is -2.16. The first-order chi connectivity index (χ1) is 13.2. The van der Waals surface area contributed by atoms with Crippen molar-refractivity contribution in [2.45, 2.75) is 19.1 Å². The molecule has 4 aromatic rings. The van der Waals surface area contributed by atoms with E-state index in [4.69, 9.17) is 11.6 Å². The molecule has 0 bridgehead atoms. The van der Waals surface area contributed by atoms with Crippen LogP contribution < -0.4 is 5.32 Å². The van der Waals surface area contributed by atoms with Crippen LogP contribution in [0.5, 0.6) is 0 Å². The van der Waals surface area contributed by atoms with Crippen LogP contribution in [0.3, 0.4) is 0 Å². The minimum absolute atomic E-state index is 0.0500. The molecule has 4 heterocycles. The molecule has 0 spiro atoms. The molecule has 0 aromatic carbocycles. The number of hydrogen-bond acceptors (Lipinski definition) is 3. The van der Waals surface area contributed by atoms with Crippen LogP contribution in [0, 0.1) is 0 Å². The first-order valence-electron chi connectivity index (χ1n) is 8.22. The van der Waals surface area contributed by atoms with E-state index in [1.807, 2.05) is 5.32 Å². The third kappa shape index (κ3) is 3.18. The molecule has 0 saturated carbocycles. The van der Waals surface area contributed by atoms with Crippen molar-refractivity contribution < 1.29 is 18.0 Å². The second-order valence-corrected chi connectivity index (χ2v) is 6.73. The van der Waals surface area contributed by atoms with Crippen molar-refractivity contribution in [3.8, 4) is 11.1 Å². The molecule has 0 aliphatic carbocycles. The number of pyridine rings is 2. The zero-order chi connectivity index (χ0) is 20.1. The average Bonchev–Trinajstić information content (AvgIpc) is 3.23. The molecule has 28 heavy (non-hydrogen) atoms. The van der Waals surface area contributed by atoms with Gasteiger partial charge in [-0.1, -0.05) is 11.6 Å². The maximum absolute atomic E-state index is 12.7. The number of hydrogen-bond donors (Lipinski definition) is 2. The van der Waals surface area contributed by atoms with Gasteiger partial charge in [-0.25, -0.2) is 9.50 Å². The van der Waals surface area contributed by atoms with Crippen molar-refractivity contribution in [2.24, 2.45) is 0 Å². The first kappa shape index (κ1) is 18.3. The zero-order valence-corrected chi connectivity index (χ0v) is 15.1. The highest BCUT2D eigenvalue weighted by molar-refractivity contribution is 6.31. The van der Waals surface area contributed by atoms with Crippen molar-refractivity contribution in [3.05, 3.63) is 53.6 Å². The SMILES string of the molecule is C[C@@H](NC(=O)c1cnn2ccc(-c3c[nH]c4ncc(Cl)cc34)cc12)C(F)(F)F. The van der Waals surface area contributed by atoms with Gasteiger partial charge >= 0.3 is 6.18 Å². The molecule has 0 saturated heterocycles. The summed E-state index contributed by atoms with van der Waals surface area (Å²) >= 11 is 6.03. The van der Waals surface area contributed by atoms with Crippen LogP contribution in [0.2, 0.25) is 5.02 Å². The van der Waals surface area contributed by atoms with Crippen LogP contribution in [-0.4, -0.2) is 37.7 Å². The van der Waals surface area contributed by atoms with Crippen LogP contribution >= 0.6 is 11.6 Å². The fourth-order valence-electron chi connectivity index (χ4n) is 2.90. The predicted octanol–water partition coefficient (Wildman–Crippen LogP) is 4.21. The van der Waals surface area contributed by atoms with Gasteiger partial charge in [0.1, 0.15) is 11.7 Å². The van der Waals surface area contributed by atoms with E-state index in [1.54, 1.807) is 30.6 Å². The summed E-state index contributed by atoms with van der Waals surface area (Å²) in [6.45, 7) is 0.887. The Kier molecular flexibility index (Phi) is 4.26. The Hall–Kier alpha value is -3.07. The van der Waals surface area contributed by atoms with Crippen LogP contribution in [0.4, 0.5) is 13.2 Å². The first-order valence-corrected chi connectivity index (χ1v) is 8.60. The fourth-order valence-corrected chi connectivity index (χ4v) is 3.05. The molecule has 0 fully saturated rings. The minimum Gasteiger partial charge on any atom is -0.346 e. The summed E-state index contributed by atoms with van der Waals surface area (Å²) in [5.74, 6) is -0.847. The van der Waals surface area contributed by atoms with Gasteiger partial charge in [-0.15, -0.1) is 0 Å². The highest BCUT2D eigenvalue weighted by Gasteiger charge is 2.37. The fraction of sp³-hybridized carbons (Fsp3) is 0.167. The molecule has 6 nitrogen and oxygen atoms in total. The number of fused-ring (bicyclic) bond motifs is 2. The molecule has 0 aliphatic rings. The van der Waals surface area contributed by atoms with Crippen LogP contribution in [0.15, 0.2) is 43.0 Å². The lowest BCUT2D eigenvalue weighted by molar-refractivity contribution is -0.149. The number of aromatic amines is 1. The van der Waals surface area contributed by atoms with Crippen molar-refractivity contribution in [3.63, 3.8) is 0 Å². The van der Waals surface area contributed by atoms with E-state index in [-0.39, 0.29) is 5.56 Å². The summed E-state index contributed by atoms with van der Waals surface area (Å²) in [5.41, 5.74) is 2.61. The number of carbonyl (C=O) groups is 1. The van der Waals surface area contributed by atoms with Gasteiger partial charge in [0.2, 0.25) is 0 Å².